The first-order chi connectivity index (χ1) is 16.7. The third-order valence-corrected chi connectivity index (χ3v) is 5.73. The van der Waals surface area contributed by atoms with E-state index in [1.54, 1.807) is 26.4 Å². The van der Waals surface area contributed by atoms with Gasteiger partial charge in [0.25, 0.3) is 0 Å². The van der Waals surface area contributed by atoms with Crippen molar-refractivity contribution in [1.82, 2.24) is 10.5 Å². The summed E-state index contributed by atoms with van der Waals surface area (Å²) in [5.74, 6) is 1.92. The van der Waals surface area contributed by atoms with Crippen molar-refractivity contribution in [1.29, 1.82) is 0 Å². The van der Waals surface area contributed by atoms with Crippen LogP contribution in [0.25, 0.3) is 11.3 Å². The monoisotopic (exact) mass is 456 g/mol. The molecule has 0 bridgehead atoms. The Kier molecular flexibility index (Phi) is 7.60. The van der Waals surface area contributed by atoms with E-state index >= 15 is 0 Å². The average Bonchev–Trinajstić information content (AvgIpc) is 3.35. The quantitative estimate of drug-likeness (QED) is 0.353. The topological polar surface area (TPSA) is 73.6 Å². The van der Waals surface area contributed by atoms with Gasteiger partial charge in [0.1, 0.15) is 0 Å². The van der Waals surface area contributed by atoms with E-state index < -0.39 is 0 Å². The van der Waals surface area contributed by atoms with Gasteiger partial charge in [-0.2, -0.15) is 0 Å². The minimum Gasteiger partial charge on any atom is -0.493 e. The number of amides is 1. The molecular formula is C28H28N2O4. The summed E-state index contributed by atoms with van der Waals surface area (Å²) in [7, 11) is 3.17. The normalized spacial score (nSPS) is 10.8. The highest BCUT2D eigenvalue weighted by Gasteiger charge is 2.16. The smallest absolute Gasteiger partial charge is 0.226 e. The number of rotatable bonds is 10. The second-order valence-corrected chi connectivity index (χ2v) is 7.94. The fourth-order valence-electron chi connectivity index (χ4n) is 4.00. The van der Waals surface area contributed by atoms with Crippen LogP contribution in [0.5, 0.6) is 11.5 Å². The minimum absolute atomic E-state index is 0.0907. The van der Waals surface area contributed by atoms with E-state index in [1.165, 1.54) is 11.1 Å². The van der Waals surface area contributed by atoms with Crippen LogP contribution >= 0.6 is 0 Å². The number of aromatic nitrogens is 1. The van der Waals surface area contributed by atoms with Gasteiger partial charge in [-0.1, -0.05) is 65.8 Å². The zero-order valence-corrected chi connectivity index (χ0v) is 19.4. The lowest BCUT2D eigenvalue weighted by atomic mass is 9.88. The molecule has 4 aromatic rings. The van der Waals surface area contributed by atoms with Crippen LogP contribution in [0.3, 0.4) is 0 Å². The van der Waals surface area contributed by atoms with E-state index in [2.05, 4.69) is 34.7 Å². The summed E-state index contributed by atoms with van der Waals surface area (Å²) in [4.78, 5) is 12.6. The van der Waals surface area contributed by atoms with E-state index in [0.29, 0.717) is 29.5 Å². The molecule has 4 rings (SSSR count). The van der Waals surface area contributed by atoms with Gasteiger partial charge < -0.3 is 19.3 Å². The molecule has 6 nitrogen and oxygen atoms in total. The minimum atomic E-state index is -0.0907. The number of ether oxygens (including phenoxy) is 2. The van der Waals surface area contributed by atoms with E-state index in [-0.39, 0.29) is 18.2 Å². The van der Waals surface area contributed by atoms with Gasteiger partial charge in [-0.15, -0.1) is 0 Å². The standard InChI is InChI=1S/C28H28N2O4/c1-32-25-14-13-22(17-27(25)33-2)26-18-23(30-34-26)19-28(31)29-16-15-24(20-9-5-3-6-10-20)21-11-7-4-8-12-21/h3-14,17-18,24H,15-16,19H2,1-2H3,(H,29,31). The van der Waals surface area contributed by atoms with Gasteiger partial charge in [0, 0.05) is 24.1 Å². The second-order valence-electron chi connectivity index (χ2n) is 7.94. The van der Waals surface area contributed by atoms with Crippen molar-refractivity contribution in [2.75, 3.05) is 20.8 Å². The number of benzene rings is 3. The molecule has 1 aromatic heterocycles. The molecule has 0 saturated carbocycles. The van der Waals surface area contributed by atoms with Crippen LogP contribution in [0.4, 0.5) is 0 Å². The molecule has 1 N–H and O–H groups in total. The Morgan fingerprint density at radius 3 is 2.15 bits per heavy atom. The van der Waals surface area contributed by atoms with Gasteiger partial charge in [0.05, 0.1) is 26.3 Å². The van der Waals surface area contributed by atoms with Crippen LogP contribution in [0.15, 0.2) is 89.5 Å². The van der Waals surface area contributed by atoms with Crippen LogP contribution in [-0.2, 0) is 11.2 Å². The number of nitrogens with zero attached hydrogens (tertiary/aromatic N) is 1. The summed E-state index contributed by atoms with van der Waals surface area (Å²) < 4.78 is 16.1. The maximum Gasteiger partial charge on any atom is 0.226 e. The summed E-state index contributed by atoms with van der Waals surface area (Å²) in [5, 5.41) is 7.09. The molecule has 0 saturated heterocycles. The Morgan fingerprint density at radius 1 is 0.882 bits per heavy atom. The summed E-state index contributed by atoms with van der Waals surface area (Å²) >= 11 is 0. The molecule has 0 aliphatic carbocycles. The van der Waals surface area contributed by atoms with Gasteiger partial charge in [0.15, 0.2) is 17.3 Å². The number of hydrogen-bond donors (Lipinski definition) is 1. The van der Waals surface area contributed by atoms with Gasteiger partial charge >= 0.3 is 0 Å². The third kappa shape index (κ3) is 5.64. The third-order valence-electron chi connectivity index (χ3n) is 5.73. The highest BCUT2D eigenvalue weighted by Crippen LogP contribution is 2.32. The van der Waals surface area contributed by atoms with Crippen LogP contribution in [-0.4, -0.2) is 31.8 Å². The maximum atomic E-state index is 12.6. The van der Waals surface area contributed by atoms with Crippen molar-refractivity contribution in [3.63, 3.8) is 0 Å². The van der Waals surface area contributed by atoms with E-state index in [4.69, 9.17) is 14.0 Å². The zero-order valence-electron chi connectivity index (χ0n) is 19.4. The summed E-state index contributed by atoms with van der Waals surface area (Å²) in [6.45, 7) is 0.563. The first-order valence-corrected chi connectivity index (χ1v) is 11.2. The zero-order chi connectivity index (χ0) is 23.8. The predicted octanol–water partition coefficient (Wildman–Crippen LogP) is 5.24. The van der Waals surface area contributed by atoms with E-state index in [9.17, 15) is 4.79 Å². The molecule has 6 heteroatoms. The summed E-state index contributed by atoms with van der Waals surface area (Å²) in [6.07, 6.45) is 0.952. The molecule has 3 aromatic carbocycles. The van der Waals surface area contributed by atoms with Gasteiger partial charge in [0.2, 0.25) is 5.91 Å². The number of carbonyl (C=O) groups is 1. The summed E-state index contributed by atoms with van der Waals surface area (Å²) in [6, 6.07) is 28.0. The van der Waals surface area contributed by atoms with Crippen LogP contribution in [0.2, 0.25) is 0 Å². The summed E-state index contributed by atoms with van der Waals surface area (Å²) in [5.41, 5.74) is 3.84. The van der Waals surface area contributed by atoms with Crippen molar-refractivity contribution in [3.05, 3.63) is 102 Å². The molecule has 0 atom stereocenters. The second kappa shape index (κ2) is 11.2. The Labute approximate surface area is 199 Å². The number of hydrogen-bond acceptors (Lipinski definition) is 5. The molecule has 174 valence electrons. The Balaban J connectivity index is 1.36. The molecular weight excluding hydrogens is 428 g/mol. The first kappa shape index (κ1) is 23.1. The van der Waals surface area contributed by atoms with Crippen molar-refractivity contribution in [2.45, 2.75) is 18.8 Å². The van der Waals surface area contributed by atoms with Crippen molar-refractivity contribution in [3.8, 4) is 22.8 Å². The lowest BCUT2D eigenvalue weighted by Crippen LogP contribution is -2.27. The highest BCUT2D eigenvalue weighted by atomic mass is 16.5. The highest BCUT2D eigenvalue weighted by molar-refractivity contribution is 5.78. The fraction of sp³-hybridized carbons (Fsp3) is 0.214. The first-order valence-electron chi connectivity index (χ1n) is 11.2. The number of carbonyl (C=O) groups excluding carboxylic acids is 1. The average molecular weight is 457 g/mol. The maximum absolute atomic E-state index is 12.6. The molecule has 0 spiro atoms. The van der Waals surface area contributed by atoms with Crippen LogP contribution in [0, 0.1) is 0 Å². The predicted molar refractivity (Wildman–Crippen MR) is 131 cm³/mol. The Bertz CT molecular complexity index is 1170. The molecule has 0 fully saturated rings. The van der Waals surface area contributed by atoms with Gasteiger partial charge in [-0.3, -0.25) is 4.79 Å². The van der Waals surface area contributed by atoms with E-state index in [0.717, 1.165) is 12.0 Å². The van der Waals surface area contributed by atoms with Gasteiger partial charge in [-0.25, -0.2) is 0 Å². The Hall–Kier alpha value is -4.06. The lowest BCUT2D eigenvalue weighted by Gasteiger charge is -2.18. The lowest BCUT2D eigenvalue weighted by molar-refractivity contribution is -0.120. The van der Waals surface area contributed by atoms with Crippen molar-refractivity contribution < 1.29 is 18.8 Å². The van der Waals surface area contributed by atoms with Crippen molar-refractivity contribution in [2.24, 2.45) is 0 Å². The molecule has 0 unspecified atom stereocenters. The molecule has 0 aliphatic heterocycles. The molecule has 34 heavy (non-hydrogen) atoms. The van der Waals surface area contributed by atoms with Gasteiger partial charge in [-0.05, 0) is 35.7 Å². The largest absolute Gasteiger partial charge is 0.493 e. The van der Waals surface area contributed by atoms with Crippen LogP contribution < -0.4 is 14.8 Å². The molecule has 0 radical (unpaired) electrons. The number of nitrogens with one attached hydrogen (secondary N) is 1. The Morgan fingerprint density at radius 2 is 1.53 bits per heavy atom. The molecule has 1 heterocycles. The van der Waals surface area contributed by atoms with Crippen molar-refractivity contribution >= 4 is 5.91 Å². The van der Waals surface area contributed by atoms with Crippen LogP contribution in [0.1, 0.15) is 29.2 Å². The number of methoxy groups -OCH3 is 2. The molecule has 1 amide bonds. The fourth-order valence-corrected chi connectivity index (χ4v) is 4.00. The van der Waals surface area contributed by atoms with E-state index in [1.807, 2.05) is 48.5 Å². The SMILES string of the molecule is COc1ccc(-c2cc(CC(=O)NCCC(c3ccccc3)c3ccccc3)no2)cc1OC. The molecule has 0 aliphatic rings.